The van der Waals surface area contributed by atoms with Crippen molar-refractivity contribution in [1.82, 2.24) is 4.98 Å². The number of nitrogens with zero attached hydrogens (tertiary/aromatic N) is 2. The van der Waals surface area contributed by atoms with Crippen LogP contribution in [0, 0.1) is 10.1 Å². The van der Waals surface area contributed by atoms with Crippen molar-refractivity contribution in [2.24, 2.45) is 0 Å². The van der Waals surface area contributed by atoms with Crippen LogP contribution in [0.2, 0.25) is 0 Å². The summed E-state index contributed by atoms with van der Waals surface area (Å²) in [5, 5.41) is 9.38. The van der Waals surface area contributed by atoms with E-state index in [9.17, 15) is 27.3 Å². The Morgan fingerprint density at radius 2 is 2.06 bits per heavy atom. The van der Waals surface area contributed by atoms with Crippen LogP contribution in [0.1, 0.15) is 12.1 Å². The topological polar surface area (TPSA) is 90.2 Å². The van der Waals surface area contributed by atoms with Gasteiger partial charge in [-0.25, -0.2) is 22.2 Å². The standard InChI is InChI=1S/C6H2BrClF2N2O4S/c7-2-1-3(5(9)10)11-6(17(8,15)16)4(2)12(13)14/h1,5H. The molecule has 1 heterocycles. The van der Waals surface area contributed by atoms with E-state index in [1.807, 2.05) is 0 Å². The van der Waals surface area contributed by atoms with Crippen LogP contribution < -0.4 is 0 Å². The lowest BCUT2D eigenvalue weighted by Crippen LogP contribution is -2.06. The second kappa shape index (κ2) is 4.78. The van der Waals surface area contributed by atoms with Gasteiger partial charge in [-0.15, -0.1) is 0 Å². The molecule has 0 bridgehead atoms. The minimum Gasteiger partial charge on any atom is -0.258 e. The molecule has 94 valence electrons. The zero-order valence-corrected chi connectivity index (χ0v) is 10.8. The molecule has 0 spiro atoms. The SMILES string of the molecule is O=[N+]([O-])c1c(Br)cc(C(F)F)nc1S(=O)(=O)Cl. The lowest BCUT2D eigenvalue weighted by atomic mass is 10.3. The second-order valence-corrected chi connectivity index (χ2v) is 6.01. The number of hydrogen-bond donors (Lipinski definition) is 0. The van der Waals surface area contributed by atoms with Gasteiger partial charge in [0, 0.05) is 10.7 Å². The third-order valence-corrected chi connectivity index (χ3v) is 3.36. The fourth-order valence-electron chi connectivity index (χ4n) is 0.950. The molecule has 0 saturated heterocycles. The van der Waals surface area contributed by atoms with Crippen LogP contribution in [0.15, 0.2) is 15.6 Å². The first-order valence-electron chi connectivity index (χ1n) is 3.72. The van der Waals surface area contributed by atoms with Crippen LogP contribution in [0.3, 0.4) is 0 Å². The van der Waals surface area contributed by atoms with Crippen molar-refractivity contribution in [2.45, 2.75) is 11.5 Å². The molecule has 1 aromatic heterocycles. The molecule has 0 aliphatic carbocycles. The normalized spacial score (nSPS) is 11.8. The molecule has 0 aliphatic rings. The van der Waals surface area contributed by atoms with E-state index < -0.39 is 41.3 Å². The molecule has 1 aromatic rings. The van der Waals surface area contributed by atoms with E-state index in [2.05, 4.69) is 20.9 Å². The van der Waals surface area contributed by atoms with Crippen molar-refractivity contribution in [3.8, 4) is 0 Å². The number of halogens is 4. The molecule has 0 N–H and O–H groups in total. The van der Waals surface area contributed by atoms with Crippen LogP contribution in [0.5, 0.6) is 0 Å². The van der Waals surface area contributed by atoms with Crippen molar-refractivity contribution in [3.05, 3.63) is 26.3 Å². The van der Waals surface area contributed by atoms with Gasteiger partial charge < -0.3 is 0 Å². The van der Waals surface area contributed by atoms with Crippen molar-refractivity contribution in [3.63, 3.8) is 0 Å². The minimum absolute atomic E-state index is 0.438. The van der Waals surface area contributed by atoms with Crippen LogP contribution in [-0.2, 0) is 9.05 Å². The van der Waals surface area contributed by atoms with Crippen molar-refractivity contribution < 1.29 is 22.1 Å². The fraction of sp³-hybridized carbons (Fsp3) is 0.167. The van der Waals surface area contributed by atoms with Gasteiger partial charge in [-0.2, -0.15) is 0 Å². The van der Waals surface area contributed by atoms with Crippen LogP contribution in [0.4, 0.5) is 14.5 Å². The van der Waals surface area contributed by atoms with Gasteiger partial charge in [-0.05, 0) is 22.0 Å². The molecule has 0 fully saturated rings. The predicted octanol–water partition coefficient (Wildman–Crippen LogP) is 2.62. The number of hydrogen-bond acceptors (Lipinski definition) is 5. The molecule has 0 aliphatic heterocycles. The van der Waals surface area contributed by atoms with Crippen LogP contribution in [0.25, 0.3) is 0 Å². The zero-order chi connectivity index (χ0) is 13.4. The smallest absolute Gasteiger partial charge is 0.258 e. The lowest BCUT2D eigenvalue weighted by molar-refractivity contribution is -0.389. The molecular formula is C6H2BrClF2N2O4S. The predicted molar refractivity (Wildman–Crippen MR) is 56.6 cm³/mol. The molecule has 0 atom stereocenters. The maximum atomic E-state index is 12.4. The Morgan fingerprint density at radius 1 is 1.53 bits per heavy atom. The van der Waals surface area contributed by atoms with E-state index in [1.165, 1.54) is 0 Å². The summed E-state index contributed by atoms with van der Waals surface area (Å²) in [5.74, 6) is 0. The monoisotopic (exact) mass is 350 g/mol. The summed E-state index contributed by atoms with van der Waals surface area (Å²) in [6, 6.07) is 0.661. The highest BCUT2D eigenvalue weighted by Crippen LogP contribution is 2.35. The number of pyridine rings is 1. The van der Waals surface area contributed by atoms with Gasteiger partial charge in [0.2, 0.25) is 0 Å². The summed E-state index contributed by atoms with van der Waals surface area (Å²) in [6.07, 6.45) is -3.08. The highest BCUT2D eigenvalue weighted by atomic mass is 79.9. The first-order valence-corrected chi connectivity index (χ1v) is 6.82. The van der Waals surface area contributed by atoms with E-state index in [0.717, 1.165) is 0 Å². The maximum Gasteiger partial charge on any atom is 0.321 e. The Labute approximate surface area is 106 Å². The minimum atomic E-state index is -4.60. The van der Waals surface area contributed by atoms with Gasteiger partial charge in [0.1, 0.15) is 10.2 Å². The largest absolute Gasteiger partial charge is 0.321 e. The fourth-order valence-corrected chi connectivity index (χ4v) is 2.60. The molecule has 17 heavy (non-hydrogen) atoms. The van der Waals surface area contributed by atoms with Crippen molar-refractivity contribution in [2.75, 3.05) is 0 Å². The summed E-state index contributed by atoms with van der Waals surface area (Å²) < 4.78 is 46.3. The Hall–Kier alpha value is -0.870. The van der Waals surface area contributed by atoms with Crippen molar-refractivity contribution >= 4 is 41.4 Å². The summed E-state index contributed by atoms with van der Waals surface area (Å²) in [7, 11) is 0.295. The summed E-state index contributed by atoms with van der Waals surface area (Å²) in [5.41, 5.74) is -1.91. The molecule has 0 aromatic carbocycles. The van der Waals surface area contributed by atoms with E-state index in [4.69, 9.17) is 10.7 Å². The Kier molecular flexibility index (Phi) is 3.99. The lowest BCUT2D eigenvalue weighted by Gasteiger charge is -2.04. The number of nitro groups is 1. The third-order valence-electron chi connectivity index (χ3n) is 1.57. The third kappa shape index (κ3) is 3.07. The molecule has 0 radical (unpaired) electrons. The molecular weight excluding hydrogens is 349 g/mol. The van der Waals surface area contributed by atoms with E-state index in [0.29, 0.717) is 6.07 Å². The van der Waals surface area contributed by atoms with Gasteiger partial charge >= 0.3 is 5.69 Å². The maximum absolute atomic E-state index is 12.4. The van der Waals surface area contributed by atoms with Gasteiger partial charge in [-0.3, -0.25) is 10.1 Å². The van der Waals surface area contributed by atoms with Gasteiger partial charge in [0.25, 0.3) is 20.5 Å². The molecule has 0 amide bonds. The molecule has 11 heteroatoms. The number of aromatic nitrogens is 1. The average molecular weight is 352 g/mol. The molecule has 6 nitrogen and oxygen atoms in total. The number of alkyl halides is 2. The Morgan fingerprint density at radius 3 is 2.41 bits per heavy atom. The van der Waals surface area contributed by atoms with Gasteiger partial charge in [0.05, 0.1) is 4.92 Å². The van der Waals surface area contributed by atoms with Crippen molar-refractivity contribution in [1.29, 1.82) is 0 Å². The van der Waals surface area contributed by atoms with E-state index in [-0.39, 0.29) is 0 Å². The summed E-state index contributed by atoms with van der Waals surface area (Å²) in [6.45, 7) is 0. The summed E-state index contributed by atoms with van der Waals surface area (Å²) >= 11 is 2.62. The first kappa shape index (κ1) is 14.2. The number of rotatable bonds is 3. The first-order chi connectivity index (χ1) is 7.64. The second-order valence-electron chi connectivity index (χ2n) is 2.68. The quantitative estimate of drug-likeness (QED) is 0.474. The molecule has 1 rings (SSSR count). The van der Waals surface area contributed by atoms with E-state index >= 15 is 0 Å². The van der Waals surface area contributed by atoms with Crippen LogP contribution in [-0.4, -0.2) is 18.3 Å². The highest BCUT2D eigenvalue weighted by molar-refractivity contribution is 9.10. The molecule has 0 saturated carbocycles. The molecule has 0 unspecified atom stereocenters. The zero-order valence-electron chi connectivity index (χ0n) is 7.60. The summed E-state index contributed by atoms with van der Waals surface area (Å²) in [4.78, 5) is 12.5. The Bertz CT molecular complexity index is 580. The van der Waals surface area contributed by atoms with E-state index in [1.54, 1.807) is 0 Å². The van der Waals surface area contributed by atoms with Crippen LogP contribution >= 0.6 is 26.6 Å². The van der Waals surface area contributed by atoms with Gasteiger partial charge in [0.15, 0.2) is 0 Å². The Balaban J connectivity index is 3.69. The highest BCUT2D eigenvalue weighted by Gasteiger charge is 2.31. The van der Waals surface area contributed by atoms with Gasteiger partial charge in [-0.1, -0.05) is 0 Å². The average Bonchev–Trinajstić information content (AvgIpc) is 2.14.